The van der Waals surface area contributed by atoms with Crippen LogP contribution in [0, 0.1) is 5.82 Å². The second-order valence-electron chi connectivity index (χ2n) is 6.72. The van der Waals surface area contributed by atoms with Crippen LogP contribution >= 0.6 is 0 Å². The van der Waals surface area contributed by atoms with Crippen LogP contribution in [0.25, 0.3) is 5.69 Å². The van der Waals surface area contributed by atoms with E-state index in [4.69, 9.17) is 0 Å². The van der Waals surface area contributed by atoms with E-state index in [0.29, 0.717) is 12.2 Å². The first-order valence-corrected chi connectivity index (χ1v) is 9.25. The Kier molecular flexibility index (Phi) is 6.76. The zero-order valence-corrected chi connectivity index (χ0v) is 15.6. The summed E-state index contributed by atoms with van der Waals surface area (Å²) in [6.45, 7) is 0.707. The Bertz CT molecular complexity index is 865. The molecule has 10 heteroatoms. The van der Waals surface area contributed by atoms with E-state index in [2.05, 4.69) is 16.0 Å². The minimum Gasteiger partial charge on any atom is -0.348 e. The standard InChI is InChI=1S/C19H22F3N5O2/c20-12-3-1-5-14(7-12)27-10-15(18(28)25-13-4-2-6-23-8-13)16(11-27)26-19(29)24-9-17(21)22/h1,3,5,7,10-11,13,17,23H,2,4,6,8-9H2,(H,25,28)(H2,24,26,29)/t13-/m0/s1. The molecule has 1 aliphatic rings. The maximum absolute atomic E-state index is 13.6. The van der Waals surface area contributed by atoms with Crippen molar-refractivity contribution in [1.82, 2.24) is 20.5 Å². The lowest BCUT2D eigenvalue weighted by atomic mass is 10.1. The molecule has 3 amide bonds. The van der Waals surface area contributed by atoms with Crippen LogP contribution in [0.1, 0.15) is 23.2 Å². The summed E-state index contributed by atoms with van der Waals surface area (Å²) in [4.78, 5) is 24.7. The van der Waals surface area contributed by atoms with Crippen LogP contribution in [-0.2, 0) is 0 Å². The van der Waals surface area contributed by atoms with E-state index in [0.717, 1.165) is 19.4 Å². The second-order valence-corrected chi connectivity index (χ2v) is 6.72. The van der Waals surface area contributed by atoms with E-state index in [1.54, 1.807) is 6.07 Å². The van der Waals surface area contributed by atoms with Gasteiger partial charge < -0.3 is 25.8 Å². The highest BCUT2D eigenvalue weighted by atomic mass is 19.3. The van der Waals surface area contributed by atoms with Gasteiger partial charge in [-0.3, -0.25) is 4.79 Å². The van der Waals surface area contributed by atoms with E-state index < -0.39 is 30.7 Å². The molecule has 0 spiro atoms. The molecule has 1 atom stereocenters. The number of piperidine rings is 1. The van der Waals surface area contributed by atoms with Gasteiger partial charge >= 0.3 is 6.03 Å². The Morgan fingerprint density at radius 3 is 2.79 bits per heavy atom. The van der Waals surface area contributed by atoms with Crippen molar-refractivity contribution < 1.29 is 22.8 Å². The maximum Gasteiger partial charge on any atom is 0.319 e. The molecule has 29 heavy (non-hydrogen) atoms. The summed E-state index contributed by atoms with van der Waals surface area (Å²) in [6.07, 6.45) is 1.95. The second kappa shape index (κ2) is 9.46. The summed E-state index contributed by atoms with van der Waals surface area (Å²) in [5, 5.41) is 10.5. The molecule has 1 aromatic carbocycles. The predicted molar refractivity (Wildman–Crippen MR) is 102 cm³/mol. The number of alkyl halides is 2. The summed E-state index contributed by atoms with van der Waals surface area (Å²) in [5.41, 5.74) is 0.716. The molecule has 4 N–H and O–H groups in total. The van der Waals surface area contributed by atoms with Crippen LogP contribution in [-0.4, -0.2) is 48.6 Å². The number of halogens is 3. The molecule has 0 unspecified atom stereocenters. The number of hydrogen-bond acceptors (Lipinski definition) is 3. The van der Waals surface area contributed by atoms with Crippen LogP contribution in [0.15, 0.2) is 36.7 Å². The number of anilines is 1. The van der Waals surface area contributed by atoms with Crippen molar-refractivity contribution in [2.45, 2.75) is 25.3 Å². The van der Waals surface area contributed by atoms with Crippen LogP contribution < -0.4 is 21.3 Å². The van der Waals surface area contributed by atoms with Crippen LogP contribution in [0.3, 0.4) is 0 Å². The topological polar surface area (TPSA) is 87.2 Å². The first kappa shape index (κ1) is 20.7. The van der Waals surface area contributed by atoms with Crippen LogP contribution in [0.5, 0.6) is 0 Å². The molecule has 1 aromatic heterocycles. The van der Waals surface area contributed by atoms with Gasteiger partial charge in [0.15, 0.2) is 0 Å². The zero-order chi connectivity index (χ0) is 20.8. The van der Waals surface area contributed by atoms with Gasteiger partial charge in [0, 0.05) is 30.7 Å². The highest BCUT2D eigenvalue weighted by Crippen LogP contribution is 2.22. The Morgan fingerprint density at radius 1 is 1.28 bits per heavy atom. The molecule has 2 aromatic rings. The Balaban J connectivity index is 1.83. The van der Waals surface area contributed by atoms with E-state index in [9.17, 15) is 22.8 Å². The minimum atomic E-state index is -2.70. The third-order valence-corrected chi connectivity index (χ3v) is 4.47. The molecule has 0 aliphatic carbocycles. The molecule has 1 fully saturated rings. The molecule has 156 valence electrons. The number of nitrogens with one attached hydrogen (secondary N) is 4. The molecule has 0 saturated carbocycles. The fourth-order valence-corrected chi connectivity index (χ4v) is 3.10. The summed E-state index contributed by atoms with van der Waals surface area (Å²) in [7, 11) is 0. The minimum absolute atomic E-state index is 0.0609. The number of urea groups is 1. The maximum atomic E-state index is 13.6. The fourth-order valence-electron chi connectivity index (χ4n) is 3.10. The normalized spacial score (nSPS) is 16.5. The van der Waals surface area contributed by atoms with Crippen molar-refractivity contribution >= 4 is 17.6 Å². The Morgan fingerprint density at radius 2 is 2.10 bits per heavy atom. The van der Waals surface area contributed by atoms with Gasteiger partial charge in [0.25, 0.3) is 12.3 Å². The average molecular weight is 409 g/mol. The molecule has 1 saturated heterocycles. The van der Waals surface area contributed by atoms with E-state index in [1.807, 2.05) is 5.32 Å². The van der Waals surface area contributed by atoms with Gasteiger partial charge in [0.1, 0.15) is 5.82 Å². The van der Waals surface area contributed by atoms with Gasteiger partial charge in [0.05, 0.1) is 17.8 Å². The van der Waals surface area contributed by atoms with Crippen molar-refractivity contribution in [3.05, 3.63) is 48.0 Å². The summed E-state index contributed by atoms with van der Waals surface area (Å²) < 4.78 is 39.7. The molecule has 7 nitrogen and oxygen atoms in total. The largest absolute Gasteiger partial charge is 0.348 e. The number of nitrogens with zero attached hydrogens (tertiary/aromatic N) is 1. The summed E-state index contributed by atoms with van der Waals surface area (Å²) >= 11 is 0. The van der Waals surface area contributed by atoms with Gasteiger partial charge in [-0.2, -0.15) is 0 Å². The third-order valence-electron chi connectivity index (χ3n) is 4.47. The lowest BCUT2D eigenvalue weighted by Gasteiger charge is -2.23. The van der Waals surface area contributed by atoms with Crippen molar-refractivity contribution in [2.75, 3.05) is 25.0 Å². The molecule has 0 radical (unpaired) electrons. The fraction of sp³-hybridized carbons (Fsp3) is 0.368. The number of benzene rings is 1. The highest BCUT2D eigenvalue weighted by Gasteiger charge is 2.21. The number of aromatic nitrogens is 1. The van der Waals surface area contributed by atoms with Crippen LogP contribution in [0.4, 0.5) is 23.7 Å². The lowest BCUT2D eigenvalue weighted by molar-refractivity contribution is 0.0931. The number of carbonyl (C=O) groups excluding carboxylic acids is 2. The van der Waals surface area contributed by atoms with Gasteiger partial charge in [-0.05, 0) is 37.6 Å². The predicted octanol–water partition coefficient (Wildman–Crippen LogP) is 2.48. The Labute approximate surface area is 165 Å². The average Bonchev–Trinajstić information content (AvgIpc) is 3.11. The van der Waals surface area contributed by atoms with Crippen molar-refractivity contribution in [3.63, 3.8) is 0 Å². The number of amides is 3. The highest BCUT2D eigenvalue weighted by molar-refractivity contribution is 6.03. The van der Waals surface area contributed by atoms with Crippen molar-refractivity contribution in [3.8, 4) is 5.69 Å². The molecule has 3 rings (SSSR count). The molecular weight excluding hydrogens is 387 g/mol. The van der Waals surface area contributed by atoms with Gasteiger partial charge in [-0.1, -0.05) is 6.07 Å². The first-order chi connectivity index (χ1) is 13.9. The summed E-state index contributed by atoms with van der Waals surface area (Å²) in [6, 6.07) is 4.78. The zero-order valence-electron chi connectivity index (χ0n) is 15.6. The smallest absolute Gasteiger partial charge is 0.319 e. The monoisotopic (exact) mass is 409 g/mol. The SMILES string of the molecule is O=C(NCC(F)F)Nc1cn(-c2cccc(F)c2)cc1C(=O)N[C@H]1CCCNC1. The van der Waals surface area contributed by atoms with Gasteiger partial charge in [-0.25, -0.2) is 18.0 Å². The molecule has 0 bridgehead atoms. The van der Waals surface area contributed by atoms with Gasteiger partial charge in [-0.15, -0.1) is 0 Å². The quantitative estimate of drug-likeness (QED) is 0.591. The number of carbonyl (C=O) groups is 2. The number of rotatable bonds is 6. The van der Waals surface area contributed by atoms with Crippen LogP contribution in [0.2, 0.25) is 0 Å². The van der Waals surface area contributed by atoms with E-state index in [-0.39, 0.29) is 17.3 Å². The third kappa shape index (κ3) is 5.74. The lowest BCUT2D eigenvalue weighted by Crippen LogP contribution is -2.45. The molecule has 1 aliphatic heterocycles. The molecule has 2 heterocycles. The summed E-state index contributed by atoms with van der Waals surface area (Å²) in [5.74, 6) is -0.877. The van der Waals surface area contributed by atoms with Crippen molar-refractivity contribution in [2.24, 2.45) is 0 Å². The van der Waals surface area contributed by atoms with E-state index in [1.165, 1.54) is 35.2 Å². The number of hydrogen-bond donors (Lipinski definition) is 4. The molecular formula is C19H22F3N5O2. The first-order valence-electron chi connectivity index (χ1n) is 9.25. The van der Waals surface area contributed by atoms with E-state index >= 15 is 0 Å². The van der Waals surface area contributed by atoms with Crippen molar-refractivity contribution in [1.29, 1.82) is 0 Å². The Hall–Kier alpha value is -3.01. The van der Waals surface area contributed by atoms with Gasteiger partial charge in [0.2, 0.25) is 0 Å².